The molecule has 5 nitrogen and oxygen atoms in total. The summed E-state index contributed by atoms with van der Waals surface area (Å²) in [5, 5.41) is 11.5. The van der Waals surface area contributed by atoms with E-state index in [1.165, 1.54) is 0 Å². The van der Waals surface area contributed by atoms with Crippen LogP contribution < -0.4 is 5.32 Å². The molecule has 2 N–H and O–H groups in total. The van der Waals surface area contributed by atoms with Gasteiger partial charge < -0.3 is 15.2 Å². The van der Waals surface area contributed by atoms with Gasteiger partial charge in [0.2, 0.25) is 5.91 Å². The fourth-order valence-corrected chi connectivity index (χ4v) is 1.71. The molecular formula is C12H21NO4. The highest BCUT2D eigenvalue weighted by molar-refractivity contribution is 5.77. The van der Waals surface area contributed by atoms with Gasteiger partial charge in [0.05, 0.1) is 13.0 Å². The van der Waals surface area contributed by atoms with Gasteiger partial charge in [-0.2, -0.15) is 0 Å². The Balaban J connectivity index is 2.19. The van der Waals surface area contributed by atoms with Crippen molar-refractivity contribution in [1.82, 2.24) is 5.32 Å². The van der Waals surface area contributed by atoms with E-state index in [1.54, 1.807) is 0 Å². The number of hydrogen-bond donors (Lipinski definition) is 2. The van der Waals surface area contributed by atoms with Crippen molar-refractivity contribution < 1.29 is 19.4 Å². The Kier molecular flexibility index (Phi) is 5.97. The van der Waals surface area contributed by atoms with Crippen molar-refractivity contribution in [1.29, 1.82) is 0 Å². The van der Waals surface area contributed by atoms with E-state index in [0.29, 0.717) is 25.6 Å². The molecule has 1 aliphatic rings. The molecule has 1 rings (SSSR count). The molecule has 1 atom stereocenters. The SMILES string of the molecule is CCCOCCC(=O)NC(CC(=O)O)C1CC1. The molecule has 0 bridgehead atoms. The number of carboxylic acids is 1. The van der Waals surface area contributed by atoms with Gasteiger partial charge in [0, 0.05) is 19.1 Å². The summed E-state index contributed by atoms with van der Waals surface area (Å²) in [4.78, 5) is 22.2. The molecule has 98 valence electrons. The number of rotatable bonds is 9. The third-order valence-electron chi connectivity index (χ3n) is 2.75. The Morgan fingerprint density at radius 1 is 1.41 bits per heavy atom. The number of nitrogens with one attached hydrogen (secondary N) is 1. The van der Waals surface area contributed by atoms with E-state index >= 15 is 0 Å². The molecule has 1 unspecified atom stereocenters. The second kappa shape index (κ2) is 7.27. The number of carbonyl (C=O) groups excluding carboxylic acids is 1. The molecule has 1 aliphatic carbocycles. The minimum absolute atomic E-state index is 0.0201. The summed E-state index contributed by atoms with van der Waals surface area (Å²) >= 11 is 0. The number of carboxylic acid groups (broad SMARTS) is 1. The zero-order valence-electron chi connectivity index (χ0n) is 10.3. The third kappa shape index (κ3) is 6.26. The Bertz CT molecular complexity index is 263. The predicted octanol–water partition coefficient (Wildman–Crippen LogP) is 1.17. The Morgan fingerprint density at radius 3 is 2.65 bits per heavy atom. The minimum atomic E-state index is -0.857. The minimum Gasteiger partial charge on any atom is -0.481 e. The van der Waals surface area contributed by atoms with Crippen LogP contribution in [0.2, 0.25) is 0 Å². The fourth-order valence-electron chi connectivity index (χ4n) is 1.71. The van der Waals surface area contributed by atoms with Crippen molar-refractivity contribution in [2.24, 2.45) is 5.92 Å². The average Bonchev–Trinajstić information content (AvgIpc) is 3.06. The van der Waals surface area contributed by atoms with Crippen molar-refractivity contribution in [3.63, 3.8) is 0 Å². The van der Waals surface area contributed by atoms with E-state index in [1.807, 2.05) is 6.92 Å². The molecule has 0 saturated heterocycles. The summed E-state index contributed by atoms with van der Waals surface area (Å²) in [6.45, 7) is 3.08. The number of amides is 1. The van der Waals surface area contributed by atoms with Gasteiger partial charge in [0.15, 0.2) is 0 Å². The molecular weight excluding hydrogens is 222 g/mol. The largest absolute Gasteiger partial charge is 0.481 e. The van der Waals surface area contributed by atoms with Crippen molar-refractivity contribution in [3.05, 3.63) is 0 Å². The summed E-state index contributed by atoms with van der Waals surface area (Å²) in [6, 6.07) is -0.203. The Morgan fingerprint density at radius 2 is 2.12 bits per heavy atom. The summed E-state index contributed by atoms with van der Waals surface area (Å²) in [7, 11) is 0. The van der Waals surface area contributed by atoms with Crippen molar-refractivity contribution in [3.8, 4) is 0 Å². The van der Waals surface area contributed by atoms with Crippen LogP contribution in [-0.2, 0) is 14.3 Å². The van der Waals surface area contributed by atoms with Gasteiger partial charge in [-0.15, -0.1) is 0 Å². The van der Waals surface area contributed by atoms with E-state index in [-0.39, 0.29) is 18.4 Å². The van der Waals surface area contributed by atoms with Gasteiger partial charge in [-0.3, -0.25) is 9.59 Å². The molecule has 1 amide bonds. The van der Waals surface area contributed by atoms with E-state index in [4.69, 9.17) is 9.84 Å². The van der Waals surface area contributed by atoms with Crippen LogP contribution in [-0.4, -0.2) is 36.2 Å². The summed E-state index contributed by atoms with van der Waals surface area (Å²) in [6.07, 6.45) is 3.30. The Hall–Kier alpha value is -1.10. The van der Waals surface area contributed by atoms with Crippen LogP contribution >= 0.6 is 0 Å². The van der Waals surface area contributed by atoms with Crippen molar-refractivity contribution in [2.75, 3.05) is 13.2 Å². The quantitative estimate of drug-likeness (QED) is 0.596. The molecule has 0 aliphatic heterocycles. The first-order chi connectivity index (χ1) is 8.13. The molecule has 1 fully saturated rings. The van der Waals surface area contributed by atoms with Gasteiger partial charge in [0.25, 0.3) is 0 Å². The topological polar surface area (TPSA) is 75.6 Å². The van der Waals surface area contributed by atoms with Crippen LogP contribution in [0.25, 0.3) is 0 Å². The molecule has 5 heteroatoms. The lowest BCUT2D eigenvalue weighted by molar-refractivity contribution is -0.137. The monoisotopic (exact) mass is 243 g/mol. The van der Waals surface area contributed by atoms with Gasteiger partial charge in [-0.05, 0) is 25.2 Å². The number of hydrogen-bond acceptors (Lipinski definition) is 3. The number of ether oxygens (including phenoxy) is 1. The Labute approximate surface area is 102 Å². The van der Waals surface area contributed by atoms with Crippen molar-refractivity contribution in [2.45, 2.75) is 45.1 Å². The molecule has 17 heavy (non-hydrogen) atoms. The molecule has 1 saturated carbocycles. The van der Waals surface area contributed by atoms with E-state index < -0.39 is 5.97 Å². The highest BCUT2D eigenvalue weighted by Crippen LogP contribution is 2.34. The zero-order valence-corrected chi connectivity index (χ0v) is 10.3. The lowest BCUT2D eigenvalue weighted by Gasteiger charge is -2.16. The zero-order chi connectivity index (χ0) is 12.7. The molecule has 0 aromatic carbocycles. The molecule has 0 aromatic heterocycles. The van der Waals surface area contributed by atoms with Crippen LogP contribution in [0.1, 0.15) is 39.0 Å². The third-order valence-corrected chi connectivity index (χ3v) is 2.75. The van der Waals surface area contributed by atoms with Crippen LogP contribution in [0.15, 0.2) is 0 Å². The van der Waals surface area contributed by atoms with Gasteiger partial charge in [0.1, 0.15) is 0 Å². The standard InChI is InChI=1S/C12H21NO4/c1-2-6-17-7-5-11(14)13-10(8-12(15)16)9-3-4-9/h9-10H,2-8H2,1H3,(H,13,14)(H,15,16). The molecule has 0 spiro atoms. The molecule has 0 aromatic rings. The average molecular weight is 243 g/mol. The second-order valence-electron chi connectivity index (χ2n) is 4.47. The summed E-state index contributed by atoms with van der Waals surface area (Å²) < 4.78 is 5.22. The van der Waals surface area contributed by atoms with Crippen LogP contribution in [0.5, 0.6) is 0 Å². The maximum absolute atomic E-state index is 11.5. The number of aliphatic carboxylic acids is 1. The van der Waals surface area contributed by atoms with Gasteiger partial charge in [-0.25, -0.2) is 0 Å². The van der Waals surface area contributed by atoms with Crippen LogP contribution in [0, 0.1) is 5.92 Å². The van der Waals surface area contributed by atoms with Gasteiger partial charge >= 0.3 is 5.97 Å². The lowest BCUT2D eigenvalue weighted by Crippen LogP contribution is -2.38. The first-order valence-corrected chi connectivity index (χ1v) is 6.22. The summed E-state index contributed by atoms with van der Waals surface area (Å²) in [5.41, 5.74) is 0. The first-order valence-electron chi connectivity index (χ1n) is 6.22. The summed E-state index contributed by atoms with van der Waals surface area (Å²) in [5.74, 6) is -0.615. The predicted molar refractivity (Wildman–Crippen MR) is 62.6 cm³/mol. The van der Waals surface area contributed by atoms with E-state index in [9.17, 15) is 9.59 Å². The van der Waals surface area contributed by atoms with Crippen LogP contribution in [0.3, 0.4) is 0 Å². The highest BCUT2D eigenvalue weighted by atomic mass is 16.5. The molecule has 0 radical (unpaired) electrons. The maximum atomic E-state index is 11.5. The van der Waals surface area contributed by atoms with Gasteiger partial charge in [-0.1, -0.05) is 6.92 Å². The highest BCUT2D eigenvalue weighted by Gasteiger charge is 2.33. The molecule has 0 heterocycles. The van der Waals surface area contributed by atoms with Crippen LogP contribution in [0.4, 0.5) is 0 Å². The van der Waals surface area contributed by atoms with Crippen molar-refractivity contribution >= 4 is 11.9 Å². The second-order valence-corrected chi connectivity index (χ2v) is 4.47. The lowest BCUT2D eigenvalue weighted by atomic mass is 10.1. The van der Waals surface area contributed by atoms with E-state index in [2.05, 4.69) is 5.32 Å². The van der Waals surface area contributed by atoms with E-state index in [0.717, 1.165) is 19.3 Å². The smallest absolute Gasteiger partial charge is 0.305 e. The maximum Gasteiger partial charge on any atom is 0.305 e. The normalized spacial score (nSPS) is 16.5. The fraction of sp³-hybridized carbons (Fsp3) is 0.833. The number of carbonyl (C=O) groups is 2. The first kappa shape index (κ1) is 14.0.